The molecule has 0 amide bonds. The SMILES string of the molecule is COC1CCCC(NC(C)c2ccncc2)C1. The molecule has 94 valence electrons. The van der Waals surface area contributed by atoms with E-state index in [1.54, 1.807) is 0 Å². The highest BCUT2D eigenvalue weighted by atomic mass is 16.5. The van der Waals surface area contributed by atoms with E-state index in [0.29, 0.717) is 18.2 Å². The topological polar surface area (TPSA) is 34.1 Å². The summed E-state index contributed by atoms with van der Waals surface area (Å²) >= 11 is 0. The molecule has 0 radical (unpaired) electrons. The summed E-state index contributed by atoms with van der Waals surface area (Å²) in [6.07, 6.45) is 9.00. The summed E-state index contributed by atoms with van der Waals surface area (Å²) in [6, 6.07) is 5.12. The minimum absolute atomic E-state index is 0.388. The molecule has 3 atom stereocenters. The Morgan fingerprint density at radius 2 is 2.12 bits per heavy atom. The molecule has 0 bridgehead atoms. The van der Waals surface area contributed by atoms with Crippen LogP contribution in [0.2, 0.25) is 0 Å². The summed E-state index contributed by atoms with van der Waals surface area (Å²) < 4.78 is 5.46. The van der Waals surface area contributed by atoms with Crippen LogP contribution in [0.25, 0.3) is 0 Å². The van der Waals surface area contributed by atoms with Gasteiger partial charge in [0.15, 0.2) is 0 Å². The molecule has 1 fully saturated rings. The molecule has 2 rings (SSSR count). The van der Waals surface area contributed by atoms with E-state index >= 15 is 0 Å². The van der Waals surface area contributed by atoms with Crippen molar-refractivity contribution in [3.05, 3.63) is 30.1 Å². The van der Waals surface area contributed by atoms with Gasteiger partial charge in [0.1, 0.15) is 0 Å². The quantitative estimate of drug-likeness (QED) is 0.869. The van der Waals surface area contributed by atoms with Gasteiger partial charge in [0.05, 0.1) is 6.10 Å². The van der Waals surface area contributed by atoms with Crippen molar-refractivity contribution in [2.75, 3.05) is 7.11 Å². The summed E-state index contributed by atoms with van der Waals surface area (Å²) in [5.41, 5.74) is 1.31. The van der Waals surface area contributed by atoms with Crippen molar-refractivity contribution in [3.8, 4) is 0 Å². The largest absolute Gasteiger partial charge is 0.381 e. The standard InChI is InChI=1S/C14H22N2O/c1-11(12-6-8-15-9-7-12)16-13-4-3-5-14(10-13)17-2/h6-9,11,13-14,16H,3-5,10H2,1-2H3. The summed E-state index contributed by atoms with van der Waals surface area (Å²) in [7, 11) is 1.82. The average Bonchev–Trinajstić information content (AvgIpc) is 2.40. The Bertz CT molecular complexity index is 328. The molecular weight excluding hydrogens is 212 g/mol. The van der Waals surface area contributed by atoms with Gasteiger partial charge in [0, 0.05) is 31.6 Å². The summed E-state index contributed by atoms with van der Waals surface area (Å²) in [5.74, 6) is 0. The molecule has 0 spiro atoms. The van der Waals surface area contributed by atoms with Gasteiger partial charge in [-0.15, -0.1) is 0 Å². The van der Waals surface area contributed by atoms with Crippen LogP contribution in [0, 0.1) is 0 Å². The monoisotopic (exact) mass is 234 g/mol. The van der Waals surface area contributed by atoms with Crippen LogP contribution in [-0.4, -0.2) is 24.2 Å². The zero-order valence-corrected chi connectivity index (χ0v) is 10.7. The molecule has 1 aliphatic rings. The van der Waals surface area contributed by atoms with E-state index in [1.807, 2.05) is 19.5 Å². The smallest absolute Gasteiger partial charge is 0.0586 e. The fraction of sp³-hybridized carbons (Fsp3) is 0.643. The molecule has 3 nitrogen and oxygen atoms in total. The Morgan fingerprint density at radius 1 is 1.35 bits per heavy atom. The van der Waals surface area contributed by atoms with Gasteiger partial charge >= 0.3 is 0 Å². The molecule has 0 aromatic carbocycles. The Morgan fingerprint density at radius 3 is 2.82 bits per heavy atom. The predicted molar refractivity (Wildman–Crippen MR) is 68.8 cm³/mol. The van der Waals surface area contributed by atoms with E-state index in [9.17, 15) is 0 Å². The van der Waals surface area contributed by atoms with E-state index in [0.717, 1.165) is 6.42 Å². The molecule has 1 aromatic heterocycles. The van der Waals surface area contributed by atoms with Crippen LogP contribution in [0.1, 0.15) is 44.2 Å². The van der Waals surface area contributed by atoms with Crippen molar-refractivity contribution < 1.29 is 4.74 Å². The highest BCUT2D eigenvalue weighted by Gasteiger charge is 2.22. The minimum atomic E-state index is 0.388. The van der Waals surface area contributed by atoms with Crippen molar-refractivity contribution in [3.63, 3.8) is 0 Å². The lowest BCUT2D eigenvalue weighted by atomic mass is 9.92. The molecule has 1 aliphatic carbocycles. The number of pyridine rings is 1. The van der Waals surface area contributed by atoms with Crippen molar-refractivity contribution >= 4 is 0 Å². The van der Waals surface area contributed by atoms with Gasteiger partial charge in [-0.05, 0) is 50.3 Å². The highest BCUT2D eigenvalue weighted by Crippen LogP contribution is 2.23. The molecule has 1 N–H and O–H groups in total. The Labute approximate surface area is 104 Å². The highest BCUT2D eigenvalue weighted by molar-refractivity contribution is 5.14. The second-order valence-electron chi connectivity index (χ2n) is 4.89. The minimum Gasteiger partial charge on any atom is -0.381 e. The van der Waals surface area contributed by atoms with E-state index < -0.39 is 0 Å². The fourth-order valence-electron chi connectivity index (χ4n) is 2.61. The third-order valence-corrected chi connectivity index (χ3v) is 3.65. The second-order valence-corrected chi connectivity index (χ2v) is 4.89. The van der Waals surface area contributed by atoms with Gasteiger partial charge < -0.3 is 10.1 Å². The first-order valence-corrected chi connectivity index (χ1v) is 6.48. The van der Waals surface area contributed by atoms with Gasteiger partial charge in [-0.2, -0.15) is 0 Å². The normalized spacial score (nSPS) is 26.7. The molecule has 1 aromatic rings. The summed E-state index contributed by atoms with van der Waals surface area (Å²) in [4.78, 5) is 4.05. The van der Waals surface area contributed by atoms with E-state index in [4.69, 9.17) is 4.74 Å². The predicted octanol–water partition coefficient (Wildman–Crippen LogP) is 2.69. The lowest BCUT2D eigenvalue weighted by Gasteiger charge is -2.31. The van der Waals surface area contributed by atoms with Gasteiger partial charge in [-0.25, -0.2) is 0 Å². The lowest BCUT2D eigenvalue weighted by molar-refractivity contribution is 0.0572. The molecule has 1 heterocycles. The van der Waals surface area contributed by atoms with Gasteiger partial charge in [-0.1, -0.05) is 0 Å². The van der Waals surface area contributed by atoms with Crippen LogP contribution < -0.4 is 5.32 Å². The molecule has 17 heavy (non-hydrogen) atoms. The summed E-state index contributed by atoms with van der Waals surface area (Å²) in [5, 5.41) is 3.69. The average molecular weight is 234 g/mol. The first kappa shape index (κ1) is 12.5. The number of hydrogen-bond acceptors (Lipinski definition) is 3. The van der Waals surface area contributed by atoms with Crippen LogP contribution >= 0.6 is 0 Å². The van der Waals surface area contributed by atoms with Crippen LogP contribution in [0.15, 0.2) is 24.5 Å². The zero-order valence-electron chi connectivity index (χ0n) is 10.7. The number of ether oxygens (including phenoxy) is 1. The Hall–Kier alpha value is -0.930. The maximum absolute atomic E-state index is 5.46. The first-order chi connectivity index (χ1) is 8.29. The van der Waals surface area contributed by atoms with Crippen LogP contribution in [0.3, 0.4) is 0 Å². The van der Waals surface area contributed by atoms with Gasteiger partial charge in [-0.3, -0.25) is 4.98 Å². The number of nitrogens with zero attached hydrogens (tertiary/aromatic N) is 1. The number of methoxy groups -OCH3 is 1. The molecular formula is C14H22N2O. The second kappa shape index (κ2) is 6.12. The Balaban J connectivity index is 1.88. The third-order valence-electron chi connectivity index (χ3n) is 3.65. The zero-order chi connectivity index (χ0) is 12.1. The molecule has 1 saturated carbocycles. The van der Waals surface area contributed by atoms with Crippen molar-refractivity contribution in [2.45, 2.75) is 50.8 Å². The van der Waals surface area contributed by atoms with E-state index in [2.05, 4.69) is 29.4 Å². The van der Waals surface area contributed by atoms with Gasteiger partial charge in [0.2, 0.25) is 0 Å². The van der Waals surface area contributed by atoms with Gasteiger partial charge in [0.25, 0.3) is 0 Å². The number of rotatable bonds is 4. The van der Waals surface area contributed by atoms with Crippen molar-refractivity contribution in [2.24, 2.45) is 0 Å². The van der Waals surface area contributed by atoms with Crippen molar-refractivity contribution in [1.29, 1.82) is 0 Å². The van der Waals surface area contributed by atoms with Crippen LogP contribution in [0.5, 0.6) is 0 Å². The van der Waals surface area contributed by atoms with Crippen LogP contribution in [-0.2, 0) is 4.74 Å². The van der Waals surface area contributed by atoms with Crippen molar-refractivity contribution in [1.82, 2.24) is 10.3 Å². The lowest BCUT2D eigenvalue weighted by Crippen LogP contribution is -2.38. The van der Waals surface area contributed by atoms with E-state index in [-0.39, 0.29) is 0 Å². The number of aromatic nitrogens is 1. The van der Waals surface area contributed by atoms with Crippen LogP contribution in [0.4, 0.5) is 0 Å². The maximum Gasteiger partial charge on any atom is 0.0586 e. The Kier molecular flexibility index (Phi) is 4.51. The molecule has 0 saturated heterocycles. The first-order valence-electron chi connectivity index (χ1n) is 6.48. The number of nitrogens with one attached hydrogen (secondary N) is 1. The third kappa shape index (κ3) is 3.51. The molecule has 3 heteroatoms. The molecule has 0 aliphatic heterocycles. The summed E-state index contributed by atoms with van der Waals surface area (Å²) in [6.45, 7) is 2.21. The van der Waals surface area contributed by atoms with E-state index in [1.165, 1.54) is 24.8 Å². The maximum atomic E-state index is 5.46. The fourth-order valence-corrected chi connectivity index (χ4v) is 2.61. The number of hydrogen-bond donors (Lipinski definition) is 1. The molecule has 3 unspecified atom stereocenters.